The number of halogens is 1. The van der Waals surface area contributed by atoms with Crippen LogP contribution in [-0.2, 0) is 0 Å². The predicted molar refractivity (Wildman–Crippen MR) is 96.3 cm³/mol. The topological polar surface area (TPSA) is 40.5 Å². The number of allylic oxidation sites excluding steroid dienone is 1. The van der Waals surface area contributed by atoms with Crippen molar-refractivity contribution in [2.75, 3.05) is 0 Å². The van der Waals surface area contributed by atoms with E-state index in [1.54, 1.807) is 0 Å². The van der Waals surface area contributed by atoms with Crippen LogP contribution >= 0.6 is 11.6 Å². The molecule has 132 valence electrons. The normalized spacial score (nSPS) is 53.1. The van der Waals surface area contributed by atoms with Gasteiger partial charge in [-0.15, -0.1) is 0 Å². The van der Waals surface area contributed by atoms with Crippen LogP contribution in [-0.4, -0.2) is 21.9 Å². The summed E-state index contributed by atoms with van der Waals surface area (Å²) in [6.07, 6.45) is 10.3. The van der Waals surface area contributed by atoms with E-state index in [0.29, 0.717) is 17.8 Å². The van der Waals surface area contributed by atoms with Gasteiger partial charge >= 0.3 is 0 Å². The molecule has 0 spiro atoms. The van der Waals surface area contributed by atoms with Crippen molar-refractivity contribution in [1.29, 1.82) is 0 Å². The number of hydrogen-bond donors (Lipinski definition) is 2. The highest BCUT2D eigenvalue weighted by Gasteiger charge is 2.63. The van der Waals surface area contributed by atoms with Gasteiger partial charge in [0.05, 0.1) is 6.10 Å². The van der Waals surface area contributed by atoms with Gasteiger partial charge in [0.15, 0.2) is 0 Å². The molecule has 3 heteroatoms. The highest BCUT2D eigenvalue weighted by Crippen LogP contribution is 2.67. The third kappa shape index (κ3) is 2.11. The van der Waals surface area contributed by atoms with Crippen LogP contribution in [0, 0.1) is 39.9 Å². The first-order valence-corrected chi connectivity index (χ1v) is 9.95. The molecule has 2 N–H and O–H groups in total. The smallest absolute Gasteiger partial charge is 0.132 e. The molecule has 7 atom stereocenters. The van der Waals surface area contributed by atoms with E-state index in [9.17, 15) is 10.2 Å². The van der Waals surface area contributed by atoms with Gasteiger partial charge in [-0.05, 0) is 86.1 Å². The molecule has 2 nitrogen and oxygen atoms in total. The molecule has 0 radical (unpaired) electrons. The average molecular weight is 349 g/mol. The molecule has 0 aromatic heterocycles. The van der Waals surface area contributed by atoms with Crippen LogP contribution in [0.15, 0.2) is 11.6 Å². The monoisotopic (exact) mass is 348 g/mol. The van der Waals surface area contributed by atoms with E-state index in [0.717, 1.165) is 51.4 Å². The lowest BCUT2D eigenvalue weighted by atomic mass is 9.47. The van der Waals surface area contributed by atoms with Gasteiger partial charge in [-0.3, -0.25) is 0 Å². The second kappa shape index (κ2) is 5.50. The second-order valence-corrected chi connectivity index (χ2v) is 9.42. The number of fused-ring (bicyclic) bond motifs is 5. The molecule has 0 heterocycles. The maximum atomic E-state index is 11.2. The highest BCUT2D eigenvalue weighted by molar-refractivity contribution is 6.30. The number of aliphatic hydroxyl groups excluding tert-OH is 1. The van der Waals surface area contributed by atoms with Gasteiger partial charge in [-0.1, -0.05) is 31.4 Å². The zero-order valence-corrected chi connectivity index (χ0v) is 15.6. The van der Waals surface area contributed by atoms with Gasteiger partial charge < -0.3 is 10.2 Å². The quantitative estimate of drug-likeness (QED) is 0.507. The van der Waals surface area contributed by atoms with E-state index in [1.165, 1.54) is 5.57 Å². The van der Waals surface area contributed by atoms with Crippen molar-refractivity contribution in [3.05, 3.63) is 11.6 Å². The number of rotatable bonds is 0. The summed E-state index contributed by atoms with van der Waals surface area (Å²) in [6, 6.07) is 0. The Kier molecular flexibility index (Phi) is 3.89. The minimum Gasteiger partial charge on any atom is -0.393 e. The van der Waals surface area contributed by atoms with E-state index in [2.05, 4.69) is 31.2 Å². The van der Waals surface area contributed by atoms with Gasteiger partial charge in [0.25, 0.3) is 0 Å². The summed E-state index contributed by atoms with van der Waals surface area (Å²) in [7, 11) is 0. The molecule has 24 heavy (non-hydrogen) atoms. The Morgan fingerprint density at radius 3 is 2.62 bits per heavy atom. The van der Waals surface area contributed by atoms with Gasteiger partial charge in [0.1, 0.15) is 5.60 Å². The zero-order valence-electron chi connectivity index (χ0n) is 14.8. The van der Waals surface area contributed by atoms with Crippen molar-refractivity contribution >= 4 is 11.6 Å². The van der Waals surface area contributed by atoms with Crippen LogP contribution < -0.4 is 0 Å². The fourth-order valence-electron chi connectivity index (χ4n) is 6.94. The zero-order chi connectivity index (χ0) is 17.2. The number of aliphatic hydroxyl groups is 2. The van der Waals surface area contributed by atoms with Crippen LogP contribution in [0.3, 0.4) is 0 Å². The predicted octanol–water partition coefficient (Wildman–Crippen LogP) is 4.24. The summed E-state index contributed by atoms with van der Waals surface area (Å²) >= 11 is 5.67. The van der Waals surface area contributed by atoms with E-state index in [4.69, 9.17) is 11.6 Å². The molecule has 3 saturated carbocycles. The fourth-order valence-corrected chi connectivity index (χ4v) is 7.10. The van der Waals surface area contributed by atoms with E-state index in [-0.39, 0.29) is 16.9 Å². The van der Waals surface area contributed by atoms with Gasteiger partial charge in [0.2, 0.25) is 0 Å². The fraction of sp³-hybridized carbons (Fsp3) is 0.810. The minimum atomic E-state index is -0.919. The molecule has 0 bridgehead atoms. The summed E-state index contributed by atoms with van der Waals surface area (Å²) in [4.78, 5) is 0. The van der Waals surface area contributed by atoms with Crippen molar-refractivity contribution in [3.63, 3.8) is 0 Å². The third-order valence-corrected chi connectivity index (χ3v) is 8.58. The summed E-state index contributed by atoms with van der Waals surface area (Å²) in [5, 5.41) is 23.7. The Labute approximate surface area is 150 Å². The van der Waals surface area contributed by atoms with Crippen molar-refractivity contribution in [1.82, 2.24) is 0 Å². The minimum absolute atomic E-state index is 0.133. The Morgan fingerprint density at radius 1 is 1.12 bits per heavy atom. The molecule has 4 aliphatic carbocycles. The van der Waals surface area contributed by atoms with Crippen LogP contribution in [0.2, 0.25) is 0 Å². The maximum absolute atomic E-state index is 11.2. The Hall–Kier alpha value is -0.490. The first-order chi connectivity index (χ1) is 11.3. The molecule has 0 saturated heterocycles. The lowest BCUT2D eigenvalue weighted by Gasteiger charge is -2.58. The summed E-state index contributed by atoms with van der Waals surface area (Å²) < 4.78 is 0. The van der Waals surface area contributed by atoms with E-state index >= 15 is 0 Å². The maximum Gasteiger partial charge on any atom is 0.132 e. The summed E-state index contributed by atoms with van der Waals surface area (Å²) in [6.45, 7) is 4.68. The Morgan fingerprint density at radius 2 is 1.88 bits per heavy atom. The number of hydrogen-bond acceptors (Lipinski definition) is 2. The third-order valence-electron chi connectivity index (χ3n) is 8.48. The van der Waals surface area contributed by atoms with Crippen LogP contribution in [0.5, 0.6) is 0 Å². The molecule has 0 unspecified atom stereocenters. The largest absolute Gasteiger partial charge is 0.393 e. The molecule has 3 fully saturated rings. The first-order valence-electron chi connectivity index (χ1n) is 9.57. The Bertz CT molecular complexity index is 631. The summed E-state index contributed by atoms with van der Waals surface area (Å²) in [5.74, 6) is 4.81. The van der Waals surface area contributed by atoms with Crippen LogP contribution in [0.4, 0.5) is 0 Å². The van der Waals surface area contributed by atoms with Crippen LogP contribution in [0.25, 0.3) is 0 Å². The highest BCUT2D eigenvalue weighted by atomic mass is 35.5. The average Bonchev–Trinajstić information content (AvgIpc) is 2.80. The molecular formula is C21H29ClO2. The van der Waals surface area contributed by atoms with Gasteiger partial charge in [0, 0.05) is 10.8 Å². The lowest BCUT2D eigenvalue weighted by molar-refractivity contribution is -0.0970. The van der Waals surface area contributed by atoms with Crippen molar-refractivity contribution in [3.8, 4) is 11.3 Å². The second-order valence-electron chi connectivity index (χ2n) is 9.23. The lowest BCUT2D eigenvalue weighted by Crippen LogP contribution is -2.54. The van der Waals surface area contributed by atoms with Gasteiger partial charge in [-0.25, -0.2) is 0 Å². The van der Waals surface area contributed by atoms with Crippen molar-refractivity contribution in [2.24, 2.45) is 28.6 Å². The molecule has 4 aliphatic rings. The van der Waals surface area contributed by atoms with E-state index < -0.39 is 5.60 Å². The van der Waals surface area contributed by atoms with Crippen molar-refractivity contribution < 1.29 is 10.2 Å². The molecular weight excluding hydrogens is 320 g/mol. The first kappa shape index (κ1) is 17.0. The molecule has 4 rings (SSSR count). The Balaban J connectivity index is 1.69. The van der Waals surface area contributed by atoms with Crippen molar-refractivity contribution in [2.45, 2.75) is 76.9 Å². The molecule has 0 aliphatic heterocycles. The standard InChI is InChI=1S/C21H29ClO2/c1-19-8-5-15(23)13-14(19)3-4-16-17(19)6-9-20(2)18(16)7-10-21(20,24)11-12-22/h3,15-18,23-24H,4-10,13H2,1-2H3/t15-,16-,17+,18+,19-,20-,21+/m0/s1. The van der Waals surface area contributed by atoms with Gasteiger partial charge in [-0.2, -0.15) is 0 Å². The molecule has 0 aromatic carbocycles. The van der Waals surface area contributed by atoms with E-state index in [1.807, 2.05) is 0 Å². The van der Waals surface area contributed by atoms with Crippen LogP contribution in [0.1, 0.15) is 65.2 Å². The molecule has 0 aromatic rings. The SMILES string of the molecule is C[C@]12CC[C@H](O)CC1=CC[C@H]1[C@H]2CC[C@@]2(C)[C@@H]1CC[C@@]2(O)C#CCl. The summed E-state index contributed by atoms with van der Waals surface area (Å²) in [5.41, 5.74) is 0.701. The molecule has 0 amide bonds.